The van der Waals surface area contributed by atoms with E-state index in [-0.39, 0.29) is 0 Å². The van der Waals surface area contributed by atoms with Crippen LogP contribution in [0.25, 0.3) is 0 Å². The van der Waals surface area contributed by atoms with Crippen molar-refractivity contribution in [1.29, 1.82) is 0 Å². The smallest absolute Gasteiger partial charge is 0.0300 e. The van der Waals surface area contributed by atoms with Crippen molar-refractivity contribution in [1.82, 2.24) is 15.2 Å². The van der Waals surface area contributed by atoms with Gasteiger partial charge >= 0.3 is 0 Å². The van der Waals surface area contributed by atoms with E-state index in [1.54, 1.807) is 0 Å². The molecule has 0 amide bonds. The van der Waals surface area contributed by atoms with E-state index < -0.39 is 0 Å². The number of nitrogens with one attached hydrogen (secondary N) is 1. The lowest BCUT2D eigenvalue weighted by atomic mass is 9.83. The molecule has 1 N–H and O–H groups in total. The quantitative estimate of drug-likeness (QED) is 0.926. The van der Waals surface area contributed by atoms with Gasteiger partial charge in [-0.25, -0.2) is 0 Å². The van der Waals surface area contributed by atoms with Crippen molar-refractivity contribution in [3.8, 4) is 0 Å². The van der Waals surface area contributed by atoms with Crippen LogP contribution in [0.5, 0.6) is 0 Å². The Labute approximate surface area is 130 Å². The maximum Gasteiger partial charge on any atom is 0.0300 e. The molecule has 1 aromatic heterocycles. The summed E-state index contributed by atoms with van der Waals surface area (Å²) in [6.45, 7) is 17.1. The van der Waals surface area contributed by atoms with Gasteiger partial charge in [0.2, 0.25) is 0 Å². The van der Waals surface area contributed by atoms with Gasteiger partial charge in [0, 0.05) is 44.1 Å². The number of nitrogens with zero attached hydrogens (tertiary/aromatic N) is 2. The molecule has 21 heavy (non-hydrogen) atoms. The largest absolute Gasteiger partial charge is 0.311 e. The number of aromatic nitrogens is 1. The summed E-state index contributed by atoms with van der Waals surface area (Å²) in [7, 11) is 0. The molecule has 1 aliphatic rings. The van der Waals surface area contributed by atoms with E-state index in [4.69, 9.17) is 0 Å². The van der Waals surface area contributed by atoms with Crippen molar-refractivity contribution in [2.45, 2.75) is 60.2 Å². The van der Waals surface area contributed by atoms with Crippen LogP contribution in [-0.4, -0.2) is 35.1 Å². The van der Waals surface area contributed by atoms with Gasteiger partial charge in [-0.3, -0.25) is 9.88 Å². The molecule has 1 aromatic rings. The van der Waals surface area contributed by atoms with Gasteiger partial charge in [-0.1, -0.05) is 34.6 Å². The van der Waals surface area contributed by atoms with Gasteiger partial charge in [-0.2, -0.15) is 0 Å². The standard InChI is InChI=1S/C18H31N3/c1-13(2)16-10-20-17(18(4,5)6)12-21(16)11-15-7-8-19-9-14(15)3/h7-9,13,16-17,20H,10-12H2,1-6H3. The highest BCUT2D eigenvalue weighted by atomic mass is 15.2. The van der Waals surface area contributed by atoms with Gasteiger partial charge in [0.15, 0.2) is 0 Å². The first-order chi connectivity index (χ1) is 9.79. The zero-order chi connectivity index (χ0) is 15.6. The third-order valence-electron chi connectivity index (χ3n) is 4.78. The van der Waals surface area contributed by atoms with Crippen LogP contribution in [0.1, 0.15) is 45.7 Å². The normalized spacial score (nSPS) is 24.5. The molecule has 0 saturated carbocycles. The summed E-state index contributed by atoms with van der Waals surface area (Å²) in [5.74, 6) is 0.667. The number of aryl methyl sites for hydroxylation is 1. The Morgan fingerprint density at radius 3 is 2.67 bits per heavy atom. The van der Waals surface area contributed by atoms with Crippen LogP contribution in [0.2, 0.25) is 0 Å². The lowest BCUT2D eigenvalue weighted by Crippen LogP contribution is -2.61. The second-order valence-electron chi connectivity index (χ2n) is 7.87. The molecule has 1 fully saturated rings. The summed E-state index contributed by atoms with van der Waals surface area (Å²) in [5, 5.41) is 3.77. The summed E-state index contributed by atoms with van der Waals surface area (Å²) in [5.41, 5.74) is 3.00. The van der Waals surface area contributed by atoms with Crippen LogP contribution < -0.4 is 5.32 Å². The van der Waals surface area contributed by atoms with Crippen molar-refractivity contribution >= 4 is 0 Å². The predicted octanol–water partition coefficient (Wildman–Crippen LogP) is 3.23. The molecule has 3 nitrogen and oxygen atoms in total. The molecule has 0 bridgehead atoms. The predicted molar refractivity (Wildman–Crippen MR) is 89.3 cm³/mol. The van der Waals surface area contributed by atoms with Crippen LogP contribution >= 0.6 is 0 Å². The van der Waals surface area contributed by atoms with E-state index in [9.17, 15) is 0 Å². The van der Waals surface area contributed by atoms with E-state index in [2.05, 4.69) is 62.8 Å². The maximum atomic E-state index is 4.22. The molecule has 1 aliphatic heterocycles. The molecule has 0 radical (unpaired) electrons. The van der Waals surface area contributed by atoms with Gasteiger partial charge in [-0.05, 0) is 35.4 Å². The summed E-state index contributed by atoms with van der Waals surface area (Å²) in [6, 6.07) is 3.33. The molecule has 1 saturated heterocycles. The van der Waals surface area contributed by atoms with Crippen LogP contribution in [-0.2, 0) is 6.54 Å². The van der Waals surface area contributed by atoms with Gasteiger partial charge in [0.1, 0.15) is 0 Å². The van der Waals surface area contributed by atoms with E-state index in [1.165, 1.54) is 11.1 Å². The number of pyridine rings is 1. The second-order valence-corrected chi connectivity index (χ2v) is 7.87. The molecule has 2 heterocycles. The van der Waals surface area contributed by atoms with Crippen LogP contribution in [0, 0.1) is 18.3 Å². The van der Waals surface area contributed by atoms with Crippen LogP contribution in [0.4, 0.5) is 0 Å². The Balaban J connectivity index is 2.16. The van der Waals surface area contributed by atoms with Crippen molar-refractivity contribution in [3.63, 3.8) is 0 Å². The van der Waals surface area contributed by atoms with Gasteiger partial charge < -0.3 is 5.32 Å². The van der Waals surface area contributed by atoms with Crippen molar-refractivity contribution in [2.24, 2.45) is 11.3 Å². The Morgan fingerprint density at radius 1 is 1.38 bits per heavy atom. The fourth-order valence-corrected chi connectivity index (χ4v) is 3.14. The SMILES string of the molecule is Cc1cnccc1CN1CC(C(C)(C)C)NCC1C(C)C. The first-order valence-corrected chi connectivity index (χ1v) is 8.16. The van der Waals surface area contributed by atoms with Crippen molar-refractivity contribution < 1.29 is 0 Å². The molecular formula is C18H31N3. The molecule has 0 aliphatic carbocycles. The topological polar surface area (TPSA) is 28.2 Å². The average Bonchev–Trinajstić information content (AvgIpc) is 2.40. The van der Waals surface area contributed by atoms with Crippen molar-refractivity contribution in [3.05, 3.63) is 29.6 Å². The fraction of sp³-hybridized carbons (Fsp3) is 0.722. The minimum Gasteiger partial charge on any atom is -0.311 e. The molecule has 118 valence electrons. The molecule has 3 heteroatoms. The summed E-state index contributed by atoms with van der Waals surface area (Å²) >= 11 is 0. The van der Waals surface area contributed by atoms with E-state index in [0.717, 1.165) is 19.6 Å². The molecule has 0 spiro atoms. The minimum absolute atomic E-state index is 0.299. The van der Waals surface area contributed by atoms with Gasteiger partial charge in [-0.15, -0.1) is 0 Å². The fourth-order valence-electron chi connectivity index (χ4n) is 3.14. The monoisotopic (exact) mass is 289 g/mol. The lowest BCUT2D eigenvalue weighted by Gasteiger charge is -2.46. The minimum atomic E-state index is 0.299. The number of rotatable bonds is 3. The Bertz CT molecular complexity index is 462. The van der Waals surface area contributed by atoms with E-state index >= 15 is 0 Å². The lowest BCUT2D eigenvalue weighted by molar-refractivity contribution is 0.0571. The maximum absolute atomic E-state index is 4.22. The molecular weight excluding hydrogens is 258 g/mol. The zero-order valence-electron chi connectivity index (χ0n) is 14.5. The van der Waals surface area contributed by atoms with Crippen LogP contribution in [0.15, 0.2) is 18.5 Å². The average molecular weight is 289 g/mol. The second kappa shape index (κ2) is 6.45. The van der Waals surface area contributed by atoms with E-state index in [1.807, 2.05) is 12.4 Å². The number of hydrogen-bond acceptors (Lipinski definition) is 3. The first-order valence-electron chi connectivity index (χ1n) is 8.16. The highest BCUT2D eigenvalue weighted by molar-refractivity contribution is 5.21. The van der Waals surface area contributed by atoms with Crippen molar-refractivity contribution in [2.75, 3.05) is 13.1 Å². The Hall–Kier alpha value is -0.930. The van der Waals surface area contributed by atoms with Crippen LogP contribution in [0.3, 0.4) is 0 Å². The van der Waals surface area contributed by atoms with Gasteiger partial charge in [0.25, 0.3) is 0 Å². The third kappa shape index (κ3) is 4.04. The Morgan fingerprint density at radius 2 is 2.10 bits per heavy atom. The summed E-state index contributed by atoms with van der Waals surface area (Å²) in [6.07, 6.45) is 3.89. The van der Waals surface area contributed by atoms with Gasteiger partial charge in [0.05, 0.1) is 0 Å². The van der Waals surface area contributed by atoms with E-state index in [0.29, 0.717) is 23.4 Å². The summed E-state index contributed by atoms with van der Waals surface area (Å²) in [4.78, 5) is 6.88. The third-order valence-corrected chi connectivity index (χ3v) is 4.78. The molecule has 2 rings (SSSR count). The molecule has 2 atom stereocenters. The highest BCUT2D eigenvalue weighted by Gasteiger charge is 2.35. The molecule has 2 unspecified atom stereocenters. The first kappa shape index (κ1) is 16.4. The number of piperazine rings is 1. The summed E-state index contributed by atoms with van der Waals surface area (Å²) < 4.78 is 0. The highest BCUT2D eigenvalue weighted by Crippen LogP contribution is 2.27. The Kier molecular flexibility index (Phi) is 5.05. The number of hydrogen-bond donors (Lipinski definition) is 1. The zero-order valence-corrected chi connectivity index (χ0v) is 14.5. The molecule has 0 aromatic carbocycles.